The third-order valence-corrected chi connectivity index (χ3v) is 2.71. The van der Waals surface area contributed by atoms with Crippen molar-refractivity contribution >= 4 is 11.4 Å². The number of nitrogens with one attached hydrogen (secondary N) is 1. The number of aryl methyl sites for hydroxylation is 1. The lowest BCUT2D eigenvalue weighted by molar-refractivity contribution is -0.385. The van der Waals surface area contributed by atoms with Crippen LogP contribution in [0.15, 0.2) is 18.2 Å². The van der Waals surface area contributed by atoms with E-state index < -0.39 is 30.3 Å². The maximum atomic E-state index is 10.7. The normalized spacial score (nSPS) is 11.3. The predicted molar refractivity (Wildman–Crippen MR) is 65.4 cm³/mol. The zero-order chi connectivity index (χ0) is 13.8. The molecule has 7 nitrogen and oxygen atoms in total. The van der Waals surface area contributed by atoms with E-state index in [1.54, 1.807) is 6.92 Å². The van der Waals surface area contributed by atoms with Crippen molar-refractivity contribution in [1.82, 2.24) is 0 Å². The van der Waals surface area contributed by atoms with Crippen molar-refractivity contribution < 1.29 is 20.2 Å². The van der Waals surface area contributed by atoms with Gasteiger partial charge in [0.15, 0.2) is 0 Å². The van der Waals surface area contributed by atoms with Crippen LogP contribution in [0.5, 0.6) is 0 Å². The fraction of sp³-hybridized carbons (Fsp3) is 0.455. The third-order valence-electron chi connectivity index (χ3n) is 2.71. The highest BCUT2D eigenvalue weighted by Crippen LogP contribution is 2.23. The summed E-state index contributed by atoms with van der Waals surface area (Å²) in [5.41, 5.74) is -0.325. The minimum Gasteiger partial charge on any atom is -0.394 e. The van der Waals surface area contributed by atoms with Crippen LogP contribution in [0.2, 0.25) is 0 Å². The fourth-order valence-corrected chi connectivity index (χ4v) is 1.51. The largest absolute Gasteiger partial charge is 0.394 e. The number of nitro groups is 1. The van der Waals surface area contributed by atoms with Crippen LogP contribution in [0.25, 0.3) is 0 Å². The van der Waals surface area contributed by atoms with Gasteiger partial charge < -0.3 is 20.6 Å². The first-order valence-electron chi connectivity index (χ1n) is 5.34. The molecule has 1 rings (SSSR count). The molecule has 0 atom stereocenters. The van der Waals surface area contributed by atoms with E-state index in [9.17, 15) is 10.1 Å². The Kier molecular flexibility index (Phi) is 4.60. The molecule has 0 aromatic heterocycles. The van der Waals surface area contributed by atoms with Crippen LogP contribution in [-0.4, -0.2) is 45.6 Å². The molecule has 4 N–H and O–H groups in total. The third kappa shape index (κ3) is 2.95. The second kappa shape index (κ2) is 5.76. The molecule has 1 aromatic carbocycles. The average Bonchev–Trinajstić information content (AvgIpc) is 2.36. The summed E-state index contributed by atoms with van der Waals surface area (Å²) < 4.78 is 0. The van der Waals surface area contributed by atoms with Crippen molar-refractivity contribution in [3.63, 3.8) is 0 Å². The number of anilines is 1. The first kappa shape index (κ1) is 14.4. The van der Waals surface area contributed by atoms with Gasteiger partial charge in [-0.3, -0.25) is 10.1 Å². The molecule has 0 aliphatic carbocycles. The molecule has 0 aliphatic rings. The Labute approximate surface area is 104 Å². The molecule has 0 unspecified atom stereocenters. The molecule has 0 spiro atoms. The maximum Gasteiger partial charge on any atom is 0.272 e. The lowest BCUT2D eigenvalue weighted by Gasteiger charge is -2.29. The molecular weight excluding hydrogens is 240 g/mol. The summed E-state index contributed by atoms with van der Waals surface area (Å²) in [4.78, 5) is 10.2. The van der Waals surface area contributed by atoms with Gasteiger partial charge in [0.25, 0.3) is 5.69 Å². The summed E-state index contributed by atoms with van der Waals surface area (Å²) in [6.45, 7) is 0.198. The zero-order valence-corrected chi connectivity index (χ0v) is 9.96. The van der Waals surface area contributed by atoms with Gasteiger partial charge in [0.05, 0.1) is 24.7 Å². The second-order valence-electron chi connectivity index (χ2n) is 4.14. The van der Waals surface area contributed by atoms with Gasteiger partial charge in [-0.05, 0) is 19.1 Å². The molecule has 0 aliphatic heterocycles. The van der Waals surface area contributed by atoms with Gasteiger partial charge in [-0.1, -0.05) is 0 Å². The molecule has 0 radical (unpaired) electrons. The summed E-state index contributed by atoms with van der Waals surface area (Å²) in [5.74, 6) is 0. The van der Waals surface area contributed by atoms with Crippen molar-refractivity contribution in [2.45, 2.75) is 12.5 Å². The Morgan fingerprint density at radius 1 is 1.28 bits per heavy atom. The standard InChI is InChI=1S/C11H16N2O5/c1-8-4-9(2-3-10(8)13(17)18)12-11(5-14,6-15)7-16/h2-4,12,14-16H,5-7H2,1H3. The highest BCUT2D eigenvalue weighted by atomic mass is 16.6. The van der Waals surface area contributed by atoms with Gasteiger partial charge in [-0.25, -0.2) is 0 Å². The molecule has 0 saturated carbocycles. The zero-order valence-electron chi connectivity index (χ0n) is 9.96. The highest BCUT2D eigenvalue weighted by Gasteiger charge is 2.28. The van der Waals surface area contributed by atoms with Crippen molar-refractivity contribution in [2.75, 3.05) is 25.1 Å². The van der Waals surface area contributed by atoms with E-state index in [1.807, 2.05) is 0 Å². The van der Waals surface area contributed by atoms with Crippen molar-refractivity contribution in [1.29, 1.82) is 0 Å². The number of hydrogen-bond acceptors (Lipinski definition) is 6. The second-order valence-corrected chi connectivity index (χ2v) is 4.14. The Hall–Kier alpha value is -1.70. The summed E-state index contributed by atoms with van der Waals surface area (Å²) in [6, 6.07) is 4.31. The Balaban J connectivity index is 2.98. The quantitative estimate of drug-likeness (QED) is 0.421. The first-order valence-corrected chi connectivity index (χ1v) is 5.34. The smallest absolute Gasteiger partial charge is 0.272 e. The van der Waals surface area contributed by atoms with Crippen LogP contribution in [0.4, 0.5) is 11.4 Å². The Bertz CT molecular complexity index is 423. The van der Waals surface area contributed by atoms with Gasteiger partial charge in [0.2, 0.25) is 0 Å². The van der Waals surface area contributed by atoms with Gasteiger partial charge in [-0.15, -0.1) is 0 Å². The summed E-state index contributed by atoms with van der Waals surface area (Å²) in [6.07, 6.45) is 0. The molecule has 1 aromatic rings. The van der Waals surface area contributed by atoms with Gasteiger partial charge in [0.1, 0.15) is 5.54 Å². The van der Waals surface area contributed by atoms with Crippen molar-refractivity contribution in [3.05, 3.63) is 33.9 Å². The Morgan fingerprint density at radius 2 is 1.83 bits per heavy atom. The molecule has 0 bridgehead atoms. The SMILES string of the molecule is Cc1cc(NC(CO)(CO)CO)ccc1[N+](=O)[O-]. The molecule has 18 heavy (non-hydrogen) atoms. The number of benzene rings is 1. The molecule has 100 valence electrons. The van der Waals surface area contributed by atoms with Crippen molar-refractivity contribution in [2.24, 2.45) is 0 Å². The van der Waals surface area contributed by atoms with Crippen LogP contribution in [-0.2, 0) is 0 Å². The lowest BCUT2D eigenvalue weighted by Crippen LogP contribution is -2.49. The highest BCUT2D eigenvalue weighted by molar-refractivity contribution is 5.54. The van der Waals surface area contributed by atoms with E-state index in [-0.39, 0.29) is 5.69 Å². The number of rotatable bonds is 6. The van der Waals surface area contributed by atoms with Crippen LogP contribution >= 0.6 is 0 Å². The number of aliphatic hydroxyl groups excluding tert-OH is 3. The minimum atomic E-state index is -1.25. The molecule has 7 heteroatoms. The van der Waals surface area contributed by atoms with Crippen LogP contribution in [0, 0.1) is 17.0 Å². The maximum absolute atomic E-state index is 10.7. The van der Waals surface area contributed by atoms with Gasteiger partial charge in [-0.2, -0.15) is 0 Å². The number of nitrogens with zero attached hydrogens (tertiary/aromatic N) is 1. The number of nitro benzene ring substituents is 1. The lowest BCUT2D eigenvalue weighted by atomic mass is 10.0. The molecular formula is C11H16N2O5. The molecule has 0 amide bonds. The van der Waals surface area contributed by atoms with E-state index in [2.05, 4.69) is 5.32 Å². The van der Waals surface area contributed by atoms with Crippen LogP contribution in [0.1, 0.15) is 5.56 Å². The first-order chi connectivity index (χ1) is 8.48. The monoisotopic (exact) mass is 256 g/mol. The predicted octanol–water partition coefficient (Wildman–Crippen LogP) is 0.0308. The van der Waals surface area contributed by atoms with E-state index in [0.29, 0.717) is 11.3 Å². The molecule has 0 heterocycles. The van der Waals surface area contributed by atoms with E-state index in [0.717, 1.165) is 0 Å². The summed E-state index contributed by atoms with van der Waals surface area (Å²) in [7, 11) is 0. The molecule has 0 fully saturated rings. The Morgan fingerprint density at radius 3 is 2.22 bits per heavy atom. The van der Waals surface area contributed by atoms with E-state index in [4.69, 9.17) is 15.3 Å². The fourth-order valence-electron chi connectivity index (χ4n) is 1.51. The van der Waals surface area contributed by atoms with Gasteiger partial charge in [0, 0.05) is 17.3 Å². The summed E-state index contributed by atoms with van der Waals surface area (Å²) >= 11 is 0. The topological polar surface area (TPSA) is 116 Å². The van der Waals surface area contributed by atoms with E-state index in [1.165, 1.54) is 18.2 Å². The van der Waals surface area contributed by atoms with Crippen LogP contribution in [0.3, 0.4) is 0 Å². The van der Waals surface area contributed by atoms with Crippen LogP contribution < -0.4 is 5.32 Å². The number of aliphatic hydroxyl groups is 3. The minimum absolute atomic E-state index is 0.0110. The summed E-state index contributed by atoms with van der Waals surface area (Å²) in [5, 5.41) is 40.9. The van der Waals surface area contributed by atoms with Gasteiger partial charge >= 0.3 is 0 Å². The molecule has 0 saturated heterocycles. The number of hydrogen-bond donors (Lipinski definition) is 4. The average molecular weight is 256 g/mol. The van der Waals surface area contributed by atoms with E-state index >= 15 is 0 Å². The van der Waals surface area contributed by atoms with Crippen molar-refractivity contribution in [3.8, 4) is 0 Å².